The number of fused-ring (bicyclic) bond motifs is 1. The van der Waals surface area contributed by atoms with Crippen LogP contribution in [-0.2, 0) is 17.8 Å². The average Bonchev–Trinajstić information content (AvgIpc) is 3.02. The van der Waals surface area contributed by atoms with E-state index in [0.717, 1.165) is 34.6 Å². The maximum absolute atomic E-state index is 13.2. The second kappa shape index (κ2) is 7.83. The van der Waals surface area contributed by atoms with E-state index >= 15 is 0 Å². The Morgan fingerprint density at radius 2 is 2.00 bits per heavy atom. The minimum Gasteiger partial charge on any atom is -0.370 e. The molecule has 26 heavy (non-hydrogen) atoms. The molecule has 1 aromatic carbocycles. The van der Waals surface area contributed by atoms with Crippen LogP contribution in [-0.4, -0.2) is 15.5 Å². The first-order valence-corrected chi connectivity index (χ1v) is 9.75. The Kier molecular flexibility index (Phi) is 5.52. The molecule has 2 heterocycles. The van der Waals surface area contributed by atoms with Crippen LogP contribution in [0.25, 0.3) is 21.3 Å². The molecule has 2 aromatic heterocycles. The summed E-state index contributed by atoms with van der Waals surface area (Å²) in [7, 11) is 0. The van der Waals surface area contributed by atoms with Crippen molar-refractivity contribution < 1.29 is 4.79 Å². The molecule has 0 saturated carbocycles. The molecule has 0 radical (unpaired) electrons. The zero-order valence-electron chi connectivity index (χ0n) is 15.1. The number of thiophene rings is 1. The van der Waals surface area contributed by atoms with Crippen LogP contribution in [0.15, 0.2) is 34.4 Å². The third kappa shape index (κ3) is 3.70. The van der Waals surface area contributed by atoms with E-state index in [-0.39, 0.29) is 17.9 Å². The highest BCUT2D eigenvalue weighted by Gasteiger charge is 2.16. The Labute approximate surface area is 156 Å². The number of aromatic nitrogens is 2. The maximum Gasteiger partial charge on any atom is 0.262 e. The van der Waals surface area contributed by atoms with Gasteiger partial charge in [0.05, 0.1) is 5.39 Å². The van der Waals surface area contributed by atoms with Gasteiger partial charge in [0.15, 0.2) is 0 Å². The monoisotopic (exact) mass is 369 g/mol. The van der Waals surface area contributed by atoms with Crippen molar-refractivity contribution in [2.75, 3.05) is 0 Å². The third-order valence-electron chi connectivity index (χ3n) is 4.41. The fraction of sp³-hybridized carbons (Fsp3) is 0.350. The molecule has 5 nitrogen and oxygen atoms in total. The molecule has 0 atom stereocenters. The van der Waals surface area contributed by atoms with E-state index in [1.807, 2.05) is 36.6 Å². The van der Waals surface area contributed by atoms with Crippen molar-refractivity contribution in [3.05, 3.63) is 51.4 Å². The highest BCUT2D eigenvalue weighted by molar-refractivity contribution is 7.17. The van der Waals surface area contributed by atoms with Gasteiger partial charge in [0, 0.05) is 30.3 Å². The van der Waals surface area contributed by atoms with Gasteiger partial charge in [-0.3, -0.25) is 14.2 Å². The first-order valence-electron chi connectivity index (χ1n) is 8.87. The molecule has 0 spiro atoms. The van der Waals surface area contributed by atoms with E-state index in [0.29, 0.717) is 18.4 Å². The Morgan fingerprint density at radius 3 is 2.65 bits per heavy atom. The minimum absolute atomic E-state index is 0.0280. The molecule has 3 rings (SSSR count). The largest absolute Gasteiger partial charge is 0.370 e. The molecule has 136 valence electrons. The first kappa shape index (κ1) is 18.3. The summed E-state index contributed by atoms with van der Waals surface area (Å²) in [5.74, 6) is 0.437. The fourth-order valence-electron chi connectivity index (χ4n) is 3.07. The van der Waals surface area contributed by atoms with E-state index in [4.69, 9.17) is 10.7 Å². The minimum atomic E-state index is -0.347. The van der Waals surface area contributed by atoms with Crippen molar-refractivity contribution in [1.29, 1.82) is 0 Å². The van der Waals surface area contributed by atoms with Crippen molar-refractivity contribution in [2.24, 2.45) is 5.73 Å². The van der Waals surface area contributed by atoms with Crippen LogP contribution in [0.5, 0.6) is 0 Å². The molecule has 6 heteroatoms. The maximum atomic E-state index is 13.2. The molecule has 0 aliphatic carbocycles. The summed E-state index contributed by atoms with van der Waals surface area (Å²) in [6.07, 6.45) is 2.46. The van der Waals surface area contributed by atoms with Gasteiger partial charge in [-0.15, -0.1) is 11.3 Å². The average molecular weight is 369 g/mol. The van der Waals surface area contributed by atoms with Gasteiger partial charge in [-0.05, 0) is 25.3 Å². The standard InChI is InChI=1S/C20H23N3O2S/c1-3-5-17-22-19-18(20(25)23(17)11-4-6-16(21)24)15(12-26-19)14-9-7-13(2)8-10-14/h7-10,12H,3-6,11H2,1-2H3,(H2,21,24). The third-order valence-corrected chi connectivity index (χ3v) is 5.29. The number of aryl methyl sites for hydroxylation is 2. The van der Waals surface area contributed by atoms with E-state index in [1.165, 1.54) is 16.9 Å². The molecule has 1 amide bonds. The Balaban J connectivity index is 2.11. The molecule has 3 aromatic rings. The molecule has 0 saturated heterocycles. The molecule has 0 aliphatic heterocycles. The Bertz CT molecular complexity index is 987. The zero-order chi connectivity index (χ0) is 18.7. The van der Waals surface area contributed by atoms with E-state index in [2.05, 4.69) is 6.92 Å². The molecule has 0 aliphatic rings. The molecular formula is C20H23N3O2S. The lowest BCUT2D eigenvalue weighted by atomic mass is 10.0. The lowest BCUT2D eigenvalue weighted by molar-refractivity contribution is -0.118. The van der Waals surface area contributed by atoms with Crippen molar-refractivity contribution in [1.82, 2.24) is 9.55 Å². The van der Waals surface area contributed by atoms with Crippen LogP contribution in [0.3, 0.4) is 0 Å². The number of amides is 1. The van der Waals surface area contributed by atoms with Gasteiger partial charge in [0.1, 0.15) is 10.7 Å². The van der Waals surface area contributed by atoms with E-state index in [1.54, 1.807) is 4.57 Å². The topological polar surface area (TPSA) is 78.0 Å². The number of rotatable bonds is 7. The lowest BCUT2D eigenvalue weighted by Crippen LogP contribution is -2.26. The van der Waals surface area contributed by atoms with Crippen molar-refractivity contribution in [3.8, 4) is 11.1 Å². The van der Waals surface area contributed by atoms with E-state index in [9.17, 15) is 9.59 Å². The Morgan fingerprint density at radius 1 is 1.27 bits per heavy atom. The molecular weight excluding hydrogens is 346 g/mol. The lowest BCUT2D eigenvalue weighted by Gasteiger charge is -2.12. The van der Waals surface area contributed by atoms with Crippen LogP contribution in [0, 0.1) is 6.92 Å². The molecule has 0 bridgehead atoms. The Hall–Kier alpha value is -2.47. The van der Waals surface area contributed by atoms with Crippen LogP contribution < -0.4 is 11.3 Å². The number of hydrogen-bond acceptors (Lipinski definition) is 4. The SMILES string of the molecule is CCCc1nc2scc(-c3ccc(C)cc3)c2c(=O)n1CCCC(N)=O. The molecule has 0 unspecified atom stereocenters. The second-order valence-electron chi connectivity index (χ2n) is 6.50. The van der Waals surface area contributed by atoms with Gasteiger partial charge in [-0.2, -0.15) is 0 Å². The first-order chi connectivity index (χ1) is 12.5. The predicted molar refractivity (Wildman–Crippen MR) is 106 cm³/mol. The van der Waals surface area contributed by atoms with Crippen LogP contribution >= 0.6 is 11.3 Å². The number of benzene rings is 1. The predicted octanol–water partition coefficient (Wildman–Crippen LogP) is 3.65. The summed E-state index contributed by atoms with van der Waals surface area (Å²) in [6, 6.07) is 8.16. The number of carbonyl (C=O) groups excluding carboxylic acids is 1. The van der Waals surface area contributed by atoms with Crippen LogP contribution in [0.1, 0.15) is 37.6 Å². The van der Waals surface area contributed by atoms with Gasteiger partial charge in [0.25, 0.3) is 5.56 Å². The van der Waals surface area contributed by atoms with Crippen molar-refractivity contribution in [2.45, 2.75) is 46.1 Å². The smallest absolute Gasteiger partial charge is 0.262 e. The van der Waals surface area contributed by atoms with E-state index < -0.39 is 0 Å². The van der Waals surface area contributed by atoms with Gasteiger partial charge < -0.3 is 5.73 Å². The quantitative estimate of drug-likeness (QED) is 0.690. The zero-order valence-corrected chi connectivity index (χ0v) is 15.9. The summed E-state index contributed by atoms with van der Waals surface area (Å²) in [5.41, 5.74) is 8.34. The van der Waals surface area contributed by atoms with Gasteiger partial charge >= 0.3 is 0 Å². The van der Waals surface area contributed by atoms with Crippen molar-refractivity contribution >= 4 is 27.5 Å². The summed E-state index contributed by atoms with van der Waals surface area (Å²) < 4.78 is 1.72. The summed E-state index contributed by atoms with van der Waals surface area (Å²) in [4.78, 5) is 29.8. The second-order valence-corrected chi connectivity index (χ2v) is 7.36. The number of primary amides is 1. The number of nitrogens with zero attached hydrogens (tertiary/aromatic N) is 2. The summed E-state index contributed by atoms with van der Waals surface area (Å²) in [5, 5.41) is 2.67. The normalized spacial score (nSPS) is 11.2. The number of hydrogen-bond donors (Lipinski definition) is 1. The molecule has 2 N–H and O–H groups in total. The van der Waals surface area contributed by atoms with Crippen LogP contribution in [0.2, 0.25) is 0 Å². The highest BCUT2D eigenvalue weighted by Crippen LogP contribution is 2.31. The van der Waals surface area contributed by atoms with Gasteiger partial charge in [-0.25, -0.2) is 4.98 Å². The summed E-state index contributed by atoms with van der Waals surface area (Å²) in [6.45, 7) is 4.57. The number of carbonyl (C=O) groups is 1. The van der Waals surface area contributed by atoms with Crippen molar-refractivity contribution in [3.63, 3.8) is 0 Å². The van der Waals surface area contributed by atoms with Gasteiger partial charge in [0.2, 0.25) is 5.91 Å². The molecule has 0 fully saturated rings. The number of nitrogens with two attached hydrogens (primary N) is 1. The highest BCUT2D eigenvalue weighted by atomic mass is 32.1. The van der Waals surface area contributed by atoms with Crippen LogP contribution in [0.4, 0.5) is 0 Å². The fourth-order valence-corrected chi connectivity index (χ4v) is 4.03. The van der Waals surface area contributed by atoms with Gasteiger partial charge in [-0.1, -0.05) is 36.8 Å². The summed E-state index contributed by atoms with van der Waals surface area (Å²) >= 11 is 1.51.